The van der Waals surface area contributed by atoms with Crippen molar-refractivity contribution < 1.29 is 14.3 Å². The third kappa shape index (κ3) is 4.36. The van der Waals surface area contributed by atoms with Crippen molar-refractivity contribution in [3.05, 3.63) is 64.2 Å². The summed E-state index contributed by atoms with van der Waals surface area (Å²) in [5, 5.41) is 3.53. The van der Waals surface area contributed by atoms with Crippen LogP contribution in [0.5, 0.6) is 5.75 Å². The number of nitrogens with one attached hydrogen (secondary N) is 1. The minimum absolute atomic E-state index is 0.0521. The van der Waals surface area contributed by atoms with Crippen LogP contribution in [0.2, 0.25) is 5.02 Å². The zero-order valence-electron chi connectivity index (χ0n) is 13.9. The van der Waals surface area contributed by atoms with Crippen LogP contribution in [-0.2, 0) is 11.2 Å². The smallest absolute Gasteiger partial charge is 0.225 e. The average Bonchev–Trinajstić information content (AvgIpc) is 2.54. The maximum Gasteiger partial charge on any atom is 0.225 e. The lowest BCUT2D eigenvalue weighted by Crippen LogP contribution is -2.28. The van der Waals surface area contributed by atoms with Gasteiger partial charge in [0.2, 0.25) is 5.91 Å². The lowest BCUT2D eigenvalue weighted by Gasteiger charge is -2.16. The first-order valence-electron chi connectivity index (χ1n) is 7.64. The summed E-state index contributed by atoms with van der Waals surface area (Å²) in [6.45, 7) is 3.37. The molecule has 1 amide bonds. The standard InChI is InChI=1S/C19H20ClNO3/c1-12(16-6-4-5-7-17(16)20)21-19(23)11-15-10-14(13(2)22)8-9-18(15)24-3/h4-10,12H,11H2,1-3H3,(H,21,23). The molecule has 2 aromatic rings. The van der Waals surface area contributed by atoms with Crippen LogP contribution < -0.4 is 10.1 Å². The zero-order valence-corrected chi connectivity index (χ0v) is 14.7. The fourth-order valence-electron chi connectivity index (χ4n) is 2.51. The van der Waals surface area contributed by atoms with Crippen molar-refractivity contribution in [2.24, 2.45) is 0 Å². The van der Waals surface area contributed by atoms with Crippen molar-refractivity contribution in [1.29, 1.82) is 0 Å². The number of Topliss-reactive ketones (excluding diaryl/α,β-unsaturated/α-hetero) is 1. The van der Waals surface area contributed by atoms with E-state index in [-0.39, 0.29) is 24.2 Å². The van der Waals surface area contributed by atoms with Gasteiger partial charge >= 0.3 is 0 Å². The predicted octanol–water partition coefficient (Wildman–Crippen LogP) is 3.97. The number of methoxy groups -OCH3 is 1. The van der Waals surface area contributed by atoms with Crippen molar-refractivity contribution in [2.45, 2.75) is 26.3 Å². The minimum atomic E-state index is -0.215. The summed E-state index contributed by atoms with van der Waals surface area (Å²) in [6.07, 6.45) is 0.124. The summed E-state index contributed by atoms with van der Waals surface area (Å²) < 4.78 is 5.28. The van der Waals surface area contributed by atoms with Crippen LogP contribution in [0.1, 0.15) is 41.4 Å². The first-order valence-corrected chi connectivity index (χ1v) is 8.01. The van der Waals surface area contributed by atoms with Gasteiger partial charge in [-0.25, -0.2) is 0 Å². The molecule has 5 heteroatoms. The quantitative estimate of drug-likeness (QED) is 0.806. The van der Waals surface area contributed by atoms with E-state index in [1.54, 1.807) is 24.3 Å². The van der Waals surface area contributed by atoms with Gasteiger partial charge in [-0.1, -0.05) is 29.8 Å². The van der Waals surface area contributed by atoms with Gasteiger partial charge in [-0.05, 0) is 43.7 Å². The summed E-state index contributed by atoms with van der Waals surface area (Å²) in [4.78, 5) is 23.9. The highest BCUT2D eigenvalue weighted by molar-refractivity contribution is 6.31. The Hall–Kier alpha value is -2.33. The molecule has 0 aliphatic heterocycles. The van der Waals surface area contributed by atoms with Crippen LogP contribution in [0.25, 0.3) is 0 Å². The Labute approximate surface area is 146 Å². The first-order chi connectivity index (χ1) is 11.4. The van der Waals surface area contributed by atoms with Crippen molar-refractivity contribution in [3.63, 3.8) is 0 Å². The monoisotopic (exact) mass is 345 g/mol. The maximum atomic E-state index is 12.4. The van der Waals surface area contributed by atoms with E-state index < -0.39 is 0 Å². The molecule has 0 heterocycles. The normalized spacial score (nSPS) is 11.7. The molecule has 126 valence electrons. The number of ether oxygens (including phenoxy) is 1. The van der Waals surface area contributed by atoms with Crippen LogP contribution in [0.15, 0.2) is 42.5 Å². The molecular formula is C19H20ClNO3. The van der Waals surface area contributed by atoms with Crippen molar-refractivity contribution in [2.75, 3.05) is 7.11 Å². The summed E-state index contributed by atoms with van der Waals surface area (Å²) in [6, 6.07) is 12.3. The van der Waals surface area contributed by atoms with E-state index in [1.165, 1.54) is 14.0 Å². The number of rotatable bonds is 6. The van der Waals surface area contributed by atoms with Gasteiger partial charge < -0.3 is 10.1 Å². The molecule has 0 saturated heterocycles. The average molecular weight is 346 g/mol. The van der Waals surface area contributed by atoms with Crippen LogP contribution in [0.4, 0.5) is 0 Å². The molecule has 0 aliphatic carbocycles. The van der Waals surface area contributed by atoms with Gasteiger partial charge in [-0.15, -0.1) is 0 Å². The number of carbonyl (C=O) groups is 2. The number of hydrogen-bond donors (Lipinski definition) is 1. The van der Waals surface area contributed by atoms with E-state index in [4.69, 9.17) is 16.3 Å². The van der Waals surface area contributed by atoms with Crippen molar-refractivity contribution >= 4 is 23.3 Å². The van der Waals surface area contributed by atoms with Gasteiger partial charge in [0.15, 0.2) is 5.78 Å². The highest BCUT2D eigenvalue weighted by atomic mass is 35.5. The fraction of sp³-hybridized carbons (Fsp3) is 0.263. The molecule has 2 aromatic carbocycles. The maximum absolute atomic E-state index is 12.4. The first kappa shape index (κ1) is 18.0. The van der Waals surface area contributed by atoms with E-state index in [1.807, 2.05) is 25.1 Å². The number of halogens is 1. The van der Waals surface area contributed by atoms with E-state index in [9.17, 15) is 9.59 Å². The molecule has 1 N–H and O–H groups in total. The third-order valence-electron chi connectivity index (χ3n) is 3.79. The summed E-state index contributed by atoms with van der Waals surface area (Å²) >= 11 is 6.16. The van der Waals surface area contributed by atoms with Crippen LogP contribution in [0.3, 0.4) is 0 Å². The van der Waals surface area contributed by atoms with Gasteiger partial charge in [-0.3, -0.25) is 9.59 Å². The number of carbonyl (C=O) groups excluding carboxylic acids is 2. The molecule has 4 nitrogen and oxygen atoms in total. The Morgan fingerprint density at radius 2 is 1.92 bits per heavy atom. The highest BCUT2D eigenvalue weighted by Crippen LogP contribution is 2.24. The topological polar surface area (TPSA) is 55.4 Å². The molecule has 0 aliphatic rings. The van der Waals surface area contributed by atoms with E-state index in [0.717, 1.165) is 5.56 Å². The van der Waals surface area contributed by atoms with Crippen molar-refractivity contribution in [1.82, 2.24) is 5.32 Å². The van der Waals surface area contributed by atoms with Gasteiger partial charge in [0.1, 0.15) is 5.75 Å². The molecule has 1 atom stereocenters. The molecule has 0 aromatic heterocycles. The van der Waals surface area contributed by atoms with E-state index >= 15 is 0 Å². The second-order valence-electron chi connectivity index (χ2n) is 5.57. The van der Waals surface area contributed by atoms with Crippen LogP contribution >= 0.6 is 11.6 Å². The molecule has 2 rings (SSSR count). The van der Waals surface area contributed by atoms with Crippen molar-refractivity contribution in [3.8, 4) is 5.75 Å². The predicted molar refractivity (Wildman–Crippen MR) is 94.7 cm³/mol. The van der Waals surface area contributed by atoms with Crippen LogP contribution in [-0.4, -0.2) is 18.8 Å². The third-order valence-corrected chi connectivity index (χ3v) is 4.13. The summed E-state index contributed by atoms with van der Waals surface area (Å²) in [5.74, 6) is 0.366. The van der Waals surface area contributed by atoms with Gasteiger partial charge in [0, 0.05) is 16.1 Å². The zero-order chi connectivity index (χ0) is 17.7. The van der Waals surface area contributed by atoms with E-state index in [2.05, 4.69) is 5.32 Å². The lowest BCUT2D eigenvalue weighted by atomic mass is 10.0. The Bertz CT molecular complexity index is 758. The minimum Gasteiger partial charge on any atom is -0.496 e. The number of amides is 1. The number of benzene rings is 2. The fourth-order valence-corrected chi connectivity index (χ4v) is 2.80. The Balaban J connectivity index is 2.13. The molecular weight excluding hydrogens is 326 g/mol. The number of hydrogen-bond acceptors (Lipinski definition) is 3. The molecule has 0 spiro atoms. The Morgan fingerprint density at radius 1 is 1.21 bits per heavy atom. The molecule has 0 radical (unpaired) electrons. The molecule has 0 fully saturated rings. The van der Waals surface area contributed by atoms with Crippen LogP contribution in [0, 0.1) is 0 Å². The molecule has 1 unspecified atom stereocenters. The lowest BCUT2D eigenvalue weighted by molar-refractivity contribution is -0.121. The molecule has 0 saturated carbocycles. The Kier molecular flexibility index (Phi) is 5.99. The Morgan fingerprint density at radius 3 is 2.54 bits per heavy atom. The summed E-state index contributed by atoms with van der Waals surface area (Å²) in [7, 11) is 1.54. The second-order valence-corrected chi connectivity index (χ2v) is 5.98. The number of ketones is 1. The highest BCUT2D eigenvalue weighted by Gasteiger charge is 2.15. The van der Waals surface area contributed by atoms with E-state index in [0.29, 0.717) is 21.9 Å². The van der Waals surface area contributed by atoms with Gasteiger partial charge in [-0.2, -0.15) is 0 Å². The second kappa shape index (κ2) is 7.97. The molecule has 0 bridgehead atoms. The van der Waals surface area contributed by atoms with Gasteiger partial charge in [0.25, 0.3) is 0 Å². The summed E-state index contributed by atoms with van der Waals surface area (Å²) in [5.41, 5.74) is 2.09. The molecule has 24 heavy (non-hydrogen) atoms. The SMILES string of the molecule is COc1ccc(C(C)=O)cc1CC(=O)NC(C)c1ccccc1Cl. The largest absolute Gasteiger partial charge is 0.496 e. The van der Waals surface area contributed by atoms with Gasteiger partial charge in [0.05, 0.1) is 19.6 Å².